The molecule has 0 saturated carbocycles. The first-order valence-electron chi connectivity index (χ1n) is 5.17. The molecule has 78 valence electrons. The predicted octanol–water partition coefficient (Wildman–Crippen LogP) is -0.0562. The largest absolute Gasteiger partial charge is 0.351 e. The number of nitrogens with one attached hydrogen (secondary N) is 1. The van der Waals surface area contributed by atoms with Gasteiger partial charge in [-0.15, -0.1) is 0 Å². The molecular weight excluding hydrogens is 192 g/mol. The zero-order chi connectivity index (χ0) is 10.3. The zero-order valence-electron chi connectivity index (χ0n) is 8.26. The van der Waals surface area contributed by atoms with Gasteiger partial charge in [-0.2, -0.15) is 0 Å². The molecule has 0 unspecified atom stereocenters. The van der Waals surface area contributed by atoms with E-state index in [1.807, 2.05) is 0 Å². The molecule has 2 aliphatic rings. The van der Waals surface area contributed by atoms with E-state index in [1.165, 1.54) is 0 Å². The van der Waals surface area contributed by atoms with E-state index >= 15 is 0 Å². The van der Waals surface area contributed by atoms with Gasteiger partial charge in [-0.25, -0.2) is 9.97 Å². The smallest absolute Gasteiger partial charge is 0.225 e. The van der Waals surface area contributed by atoms with Crippen molar-refractivity contribution < 1.29 is 4.79 Å². The van der Waals surface area contributed by atoms with Crippen LogP contribution in [0.2, 0.25) is 0 Å². The second-order valence-corrected chi connectivity index (χ2v) is 3.98. The molecule has 0 bridgehead atoms. The van der Waals surface area contributed by atoms with E-state index in [2.05, 4.69) is 20.2 Å². The van der Waals surface area contributed by atoms with E-state index in [0.29, 0.717) is 12.5 Å². The Hall–Kier alpha value is -1.65. The van der Waals surface area contributed by atoms with E-state index in [1.54, 1.807) is 18.5 Å². The fourth-order valence-electron chi connectivity index (χ4n) is 2.42. The van der Waals surface area contributed by atoms with E-state index in [9.17, 15) is 4.79 Å². The number of amides is 1. The lowest BCUT2D eigenvalue weighted by atomic mass is 10.1. The summed E-state index contributed by atoms with van der Waals surface area (Å²) in [7, 11) is 0. The fourth-order valence-corrected chi connectivity index (χ4v) is 2.42. The van der Waals surface area contributed by atoms with Crippen molar-refractivity contribution in [2.45, 2.75) is 24.9 Å². The predicted molar refractivity (Wildman–Crippen MR) is 54.3 cm³/mol. The standard InChI is InChI=1S/C10H12N4O/c15-9-6-8-7(13-9)2-5-14(8)10-11-3-1-4-12-10/h1,3-4,7-8H,2,5-6H2,(H,13,15)/t7-,8-/m0/s1. The molecule has 2 atom stereocenters. The van der Waals surface area contributed by atoms with Crippen LogP contribution < -0.4 is 10.2 Å². The van der Waals surface area contributed by atoms with E-state index < -0.39 is 0 Å². The molecule has 1 aromatic rings. The van der Waals surface area contributed by atoms with Crippen molar-refractivity contribution in [3.05, 3.63) is 18.5 Å². The average Bonchev–Trinajstić information content (AvgIpc) is 2.77. The quantitative estimate of drug-likeness (QED) is 0.696. The number of rotatable bonds is 1. The molecule has 1 N–H and O–H groups in total. The van der Waals surface area contributed by atoms with Crippen molar-refractivity contribution in [2.75, 3.05) is 11.4 Å². The van der Waals surface area contributed by atoms with Crippen molar-refractivity contribution in [3.63, 3.8) is 0 Å². The Bertz CT molecular complexity index is 380. The van der Waals surface area contributed by atoms with Gasteiger partial charge in [0.2, 0.25) is 11.9 Å². The molecule has 3 rings (SSSR count). The number of fused-ring (bicyclic) bond motifs is 1. The summed E-state index contributed by atoms with van der Waals surface area (Å²) in [6.07, 6.45) is 5.04. The first kappa shape index (κ1) is 8.64. The molecule has 1 aromatic heterocycles. The summed E-state index contributed by atoms with van der Waals surface area (Å²) < 4.78 is 0. The second-order valence-electron chi connectivity index (χ2n) is 3.98. The van der Waals surface area contributed by atoms with Gasteiger partial charge in [-0.1, -0.05) is 0 Å². The lowest BCUT2D eigenvalue weighted by molar-refractivity contribution is -0.119. The maximum Gasteiger partial charge on any atom is 0.225 e. The maximum atomic E-state index is 11.3. The van der Waals surface area contributed by atoms with Crippen LogP contribution in [-0.4, -0.2) is 34.5 Å². The molecule has 1 amide bonds. The van der Waals surface area contributed by atoms with E-state index in [-0.39, 0.29) is 11.9 Å². The number of hydrogen-bond acceptors (Lipinski definition) is 4. The van der Waals surface area contributed by atoms with Crippen LogP contribution in [0.15, 0.2) is 18.5 Å². The van der Waals surface area contributed by atoms with Gasteiger partial charge in [-0.3, -0.25) is 4.79 Å². The molecule has 0 radical (unpaired) electrons. The first-order chi connectivity index (χ1) is 7.34. The lowest BCUT2D eigenvalue weighted by Gasteiger charge is -2.21. The number of anilines is 1. The summed E-state index contributed by atoms with van der Waals surface area (Å²) >= 11 is 0. The highest BCUT2D eigenvalue weighted by Crippen LogP contribution is 2.28. The number of carbonyl (C=O) groups excluding carboxylic acids is 1. The van der Waals surface area contributed by atoms with Crippen LogP contribution in [0.1, 0.15) is 12.8 Å². The molecule has 0 aromatic carbocycles. The minimum absolute atomic E-state index is 0.144. The Morgan fingerprint density at radius 2 is 2.20 bits per heavy atom. The lowest BCUT2D eigenvalue weighted by Crippen LogP contribution is -2.35. The Balaban J connectivity index is 1.87. The van der Waals surface area contributed by atoms with Crippen LogP contribution in [-0.2, 0) is 4.79 Å². The monoisotopic (exact) mass is 204 g/mol. The minimum Gasteiger partial charge on any atom is -0.351 e. The Kier molecular flexibility index (Phi) is 1.83. The van der Waals surface area contributed by atoms with Gasteiger partial charge in [0.1, 0.15) is 0 Å². The van der Waals surface area contributed by atoms with Crippen LogP contribution in [0, 0.1) is 0 Å². The maximum absolute atomic E-state index is 11.3. The number of hydrogen-bond donors (Lipinski definition) is 1. The molecule has 5 nitrogen and oxygen atoms in total. The fraction of sp³-hybridized carbons (Fsp3) is 0.500. The van der Waals surface area contributed by atoms with Gasteiger partial charge < -0.3 is 10.2 Å². The molecule has 0 aliphatic carbocycles. The Morgan fingerprint density at radius 3 is 3.00 bits per heavy atom. The van der Waals surface area contributed by atoms with Crippen molar-refractivity contribution in [3.8, 4) is 0 Å². The summed E-state index contributed by atoms with van der Waals surface area (Å²) in [6.45, 7) is 0.930. The topological polar surface area (TPSA) is 58.1 Å². The van der Waals surface area contributed by atoms with Crippen molar-refractivity contribution in [1.82, 2.24) is 15.3 Å². The number of aromatic nitrogens is 2. The summed E-state index contributed by atoms with van der Waals surface area (Å²) in [5.41, 5.74) is 0. The molecule has 0 spiro atoms. The summed E-state index contributed by atoms with van der Waals surface area (Å²) in [5.74, 6) is 0.882. The van der Waals surface area contributed by atoms with Gasteiger partial charge in [0.05, 0.1) is 12.1 Å². The van der Waals surface area contributed by atoms with Crippen LogP contribution >= 0.6 is 0 Å². The molecular formula is C10H12N4O. The van der Waals surface area contributed by atoms with Crippen molar-refractivity contribution >= 4 is 11.9 Å². The highest BCUT2D eigenvalue weighted by atomic mass is 16.2. The van der Waals surface area contributed by atoms with Crippen molar-refractivity contribution in [1.29, 1.82) is 0 Å². The third-order valence-electron chi connectivity index (χ3n) is 3.10. The van der Waals surface area contributed by atoms with Crippen LogP contribution in [0.3, 0.4) is 0 Å². The normalized spacial score (nSPS) is 29.1. The van der Waals surface area contributed by atoms with E-state index in [0.717, 1.165) is 18.9 Å². The van der Waals surface area contributed by atoms with Gasteiger partial charge in [0.25, 0.3) is 0 Å². The molecule has 15 heavy (non-hydrogen) atoms. The van der Waals surface area contributed by atoms with Gasteiger partial charge in [0.15, 0.2) is 0 Å². The van der Waals surface area contributed by atoms with Crippen molar-refractivity contribution in [2.24, 2.45) is 0 Å². The average molecular weight is 204 g/mol. The zero-order valence-corrected chi connectivity index (χ0v) is 8.26. The van der Waals surface area contributed by atoms with Crippen LogP contribution in [0.4, 0.5) is 5.95 Å². The molecule has 2 saturated heterocycles. The number of nitrogens with zero attached hydrogens (tertiary/aromatic N) is 3. The second kappa shape index (κ2) is 3.18. The van der Waals surface area contributed by atoms with E-state index in [4.69, 9.17) is 0 Å². The van der Waals surface area contributed by atoms with Gasteiger partial charge >= 0.3 is 0 Å². The van der Waals surface area contributed by atoms with Gasteiger partial charge in [0, 0.05) is 25.4 Å². The molecule has 5 heteroatoms. The summed E-state index contributed by atoms with van der Waals surface area (Å²) in [5, 5.41) is 2.98. The molecule has 2 aliphatic heterocycles. The Labute approximate surface area is 87.5 Å². The number of carbonyl (C=O) groups is 1. The third-order valence-corrected chi connectivity index (χ3v) is 3.10. The highest BCUT2D eigenvalue weighted by molar-refractivity contribution is 5.81. The SMILES string of the molecule is O=C1C[C@H]2[C@H](CCN2c2ncccn2)N1. The summed E-state index contributed by atoms with van der Waals surface area (Å²) in [6, 6.07) is 2.34. The van der Waals surface area contributed by atoms with Gasteiger partial charge in [-0.05, 0) is 12.5 Å². The Morgan fingerprint density at radius 1 is 1.40 bits per heavy atom. The van der Waals surface area contributed by atoms with Crippen LogP contribution in [0.25, 0.3) is 0 Å². The third kappa shape index (κ3) is 1.35. The molecule has 2 fully saturated rings. The minimum atomic E-state index is 0.144. The highest BCUT2D eigenvalue weighted by Gasteiger charge is 2.42. The van der Waals surface area contributed by atoms with Crippen LogP contribution in [0.5, 0.6) is 0 Å². The molecule has 3 heterocycles. The first-order valence-corrected chi connectivity index (χ1v) is 5.17. The summed E-state index contributed by atoms with van der Waals surface area (Å²) in [4.78, 5) is 21.8.